The van der Waals surface area contributed by atoms with E-state index in [4.69, 9.17) is 0 Å². The van der Waals surface area contributed by atoms with Crippen LogP contribution in [-0.4, -0.2) is 25.1 Å². The van der Waals surface area contributed by atoms with Crippen LogP contribution in [0.1, 0.15) is 13.8 Å². The van der Waals surface area contributed by atoms with Gasteiger partial charge in [-0.05, 0) is 31.5 Å². The van der Waals surface area contributed by atoms with Crippen LogP contribution in [0, 0.1) is 11.8 Å². The van der Waals surface area contributed by atoms with Gasteiger partial charge in [0.2, 0.25) is 0 Å². The molecule has 1 unspecified atom stereocenters. The fourth-order valence-electron chi connectivity index (χ4n) is 2.26. The van der Waals surface area contributed by atoms with Crippen LogP contribution in [0.15, 0.2) is 30.5 Å². The molecule has 1 heterocycles. The van der Waals surface area contributed by atoms with Crippen molar-refractivity contribution < 1.29 is 0 Å². The molecule has 0 saturated carbocycles. The van der Waals surface area contributed by atoms with E-state index < -0.39 is 0 Å². The van der Waals surface area contributed by atoms with Gasteiger partial charge in [0.05, 0.1) is 5.69 Å². The summed E-state index contributed by atoms with van der Waals surface area (Å²) in [5.41, 5.74) is 2.39. The molecule has 0 radical (unpaired) electrons. The second kappa shape index (κ2) is 5.91. The van der Waals surface area contributed by atoms with Crippen molar-refractivity contribution in [1.82, 2.24) is 10.3 Å². The summed E-state index contributed by atoms with van der Waals surface area (Å²) < 4.78 is 0. The maximum absolute atomic E-state index is 3.56. The van der Waals surface area contributed by atoms with Crippen molar-refractivity contribution in [3.05, 3.63) is 30.5 Å². The highest BCUT2D eigenvalue weighted by Crippen LogP contribution is 2.23. The first-order valence-electron chi connectivity index (χ1n) is 6.67. The molecule has 1 atom stereocenters. The molecule has 3 nitrogen and oxygen atoms in total. The van der Waals surface area contributed by atoms with Crippen LogP contribution < -0.4 is 10.6 Å². The maximum atomic E-state index is 3.56. The monoisotopic (exact) mass is 245 g/mol. The van der Waals surface area contributed by atoms with E-state index in [1.165, 1.54) is 16.6 Å². The third kappa shape index (κ3) is 2.85. The zero-order valence-corrected chi connectivity index (χ0v) is 11.5. The van der Waals surface area contributed by atoms with E-state index in [1.807, 2.05) is 7.05 Å². The maximum Gasteiger partial charge on any atom is 0.0598 e. The Labute approximate surface area is 109 Å². The van der Waals surface area contributed by atoms with Crippen molar-refractivity contribution >= 4 is 16.6 Å². The number of benzene rings is 1. The number of anilines is 1. The molecule has 2 rings (SSSR count). The third-order valence-corrected chi connectivity index (χ3v) is 3.55. The van der Waals surface area contributed by atoms with Gasteiger partial charge in [-0.1, -0.05) is 32.0 Å². The highest BCUT2D eigenvalue weighted by molar-refractivity contribution is 5.92. The van der Waals surface area contributed by atoms with Gasteiger partial charge in [0.15, 0.2) is 0 Å². The van der Waals surface area contributed by atoms with Gasteiger partial charge in [0, 0.05) is 23.6 Å². The van der Waals surface area contributed by atoms with Gasteiger partial charge in [0.1, 0.15) is 0 Å². The van der Waals surface area contributed by atoms with Gasteiger partial charge < -0.3 is 15.6 Å². The summed E-state index contributed by atoms with van der Waals surface area (Å²) in [6.07, 6.45) is 2.06. The molecule has 0 amide bonds. The van der Waals surface area contributed by atoms with E-state index in [0.29, 0.717) is 11.8 Å². The van der Waals surface area contributed by atoms with Crippen molar-refractivity contribution in [3.8, 4) is 0 Å². The predicted molar refractivity (Wildman–Crippen MR) is 79.0 cm³/mol. The Hall–Kier alpha value is -1.48. The average Bonchev–Trinajstić information content (AvgIpc) is 2.77. The average molecular weight is 245 g/mol. The number of hydrogen-bond acceptors (Lipinski definition) is 2. The number of aromatic amines is 1. The van der Waals surface area contributed by atoms with Crippen molar-refractivity contribution in [1.29, 1.82) is 0 Å². The van der Waals surface area contributed by atoms with E-state index in [0.717, 1.165) is 13.1 Å². The lowest BCUT2D eigenvalue weighted by Crippen LogP contribution is -2.29. The minimum Gasteiger partial charge on any atom is -0.383 e. The molecular weight excluding hydrogens is 222 g/mol. The molecule has 3 N–H and O–H groups in total. The quantitative estimate of drug-likeness (QED) is 0.732. The molecule has 18 heavy (non-hydrogen) atoms. The molecule has 3 heteroatoms. The summed E-state index contributed by atoms with van der Waals surface area (Å²) in [6.45, 7) is 6.60. The Bertz CT molecular complexity index is 487. The fraction of sp³-hybridized carbons (Fsp3) is 0.467. The summed E-state index contributed by atoms with van der Waals surface area (Å²) in [5.74, 6) is 1.32. The Kier molecular flexibility index (Phi) is 4.26. The van der Waals surface area contributed by atoms with E-state index in [1.54, 1.807) is 0 Å². The summed E-state index contributed by atoms with van der Waals surface area (Å²) in [7, 11) is 2.01. The van der Waals surface area contributed by atoms with Crippen LogP contribution in [0.3, 0.4) is 0 Å². The van der Waals surface area contributed by atoms with E-state index in [9.17, 15) is 0 Å². The van der Waals surface area contributed by atoms with Gasteiger partial charge in [-0.15, -0.1) is 0 Å². The molecule has 0 aliphatic rings. The molecule has 0 aliphatic heterocycles. The molecule has 1 aromatic carbocycles. The van der Waals surface area contributed by atoms with Gasteiger partial charge in [0.25, 0.3) is 0 Å². The molecule has 0 fully saturated rings. The summed E-state index contributed by atoms with van der Waals surface area (Å²) in [5, 5.41) is 8.10. The van der Waals surface area contributed by atoms with Crippen LogP contribution >= 0.6 is 0 Å². The molecule has 98 valence electrons. The van der Waals surface area contributed by atoms with E-state index >= 15 is 0 Å². The number of para-hydroxylation sites is 1. The first-order valence-corrected chi connectivity index (χ1v) is 6.67. The number of H-pyrrole nitrogens is 1. The minimum atomic E-state index is 0.642. The Morgan fingerprint density at radius 1 is 1.17 bits per heavy atom. The third-order valence-electron chi connectivity index (χ3n) is 3.55. The van der Waals surface area contributed by atoms with Crippen LogP contribution in [-0.2, 0) is 0 Å². The first kappa shape index (κ1) is 13.0. The molecular formula is C15H23N3. The van der Waals surface area contributed by atoms with Crippen molar-refractivity contribution in [2.75, 3.05) is 25.5 Å². The van der Waals surface area contributed by atoms with Crippen LogP contribution in [0.4, 0.5) is 5.69 Å². The number of fused-ring (bicyclic) bond motifs is 1. The number of aromatic nitrogens is 1. The summed E-state index contributed by atoms with van der Waals surface area (Å²) in [6, 6.07) is 8.39. The second-order valence-corrected chi connectivity index (χ2v) is 5.19. The summed E-state index contributed by atoms with van der Waals surface area (Å²) in [4.78, 5) is 3.29. The largest absolute Gasteiger partial charge is 0.383 e. The number of hydrogen-bond donors (Lipinski definition) is 3. The summed E-state index contributed by atoms with van der Waals surface area (Å²) >= 11 is 0. The first-order chi connectivity index (χ1) is 8.72. The van der Waals surface area contributed by atoms with Gasteiger partial charge in [-0.25, -0.2) is 0 Å². The number of nitrogens with one attached hydrogen (secondary N) is 3. The van der Waals surface area contributed by atoms with Crippen molar-refractivity contribution in [2.45, 2.75) is 13.8 Å². The normalized spacial score (nSPS) is 13.1. The number of rotatable bonds is 6. The molecule has 2 aromatic rings. The Morgan fingerprint density at radius 3 is 2.67 bits per heavy atom. The van der Waals surface area contributed by atoms with Crippen LogP contribution in [0.25, 0.3) is 10.9 Å². The molecule has 0 aliphatic carbocycles. The smallest absolute Gasteiger partial charge is 0.0598 e. The van der Waals surface area contributed by atoms with E-state index in [2.05, 4.69) is 59.9 Å². The lowest BCUT2D eigenvalue weighted by Gasteiger charge is -2.21. The predicted octanol–water partition coefficient (Wildman–Crippen LogP) is 3.07. The lowest BCUT2D eigenvalue weighted by atomic mass is 9.95. The SMILES string of the molecule is CNCC(CNc1c[nH]c2ccccc12)C(C)C. The molecule has 0 bridgehead atoms. The van der Waals surface area contributed by atoms with E-state index in [-0.39, 0.29) is 0 Å². The minimum absolute atomic E-state index is 0.642. The highest BCUT2D eigenvalue weighted by atomic mass is 14.9. The van der Waals surface area contributed by atoms with Gasteiger partial charge in [-0.3, -0.25) is 0 Å². The van der Waals surface area contributed by atoms with Crippen LogP contribution in [0.2, 0.25) is 0 Å². The molecule has 0 saturated heterocycles. The zero-order valence-electron chi connectivity index (χ0n) is 11.5. The van der Waals surface area contributed by atoms with Gasteiger partial charge in [-0.2, -0.15) is 0 Å². The molecule has 1 aromatic heterocycles. The zero-order chi connectivity index (χ0) is 13.0. The van der Waals surface area contributed by atoms with Gasteiger partial charge >= 0.3 is 0 Å². The molecule has 0 spiro atoms. The second-order valence-electron chi connectivity index (χ2n) is 5.19. The van der Waals surface area contributed by atoms with Crippen molar-refractivity contribution in [2.24, 2.45) is 11.8 Å². The highest BCUT2D eigenvalue weighted by Gasteiger charge is 2.12. The Balaban J connectivity index is 2.05. The van der Waals surface area contributed by atoms with Crippen LogP contribution in [0.5, 0.6) is 0 Å². The topological polar surface area (TPSA) is 39.8 Å². The fourth-order valence-corrected chi connectivity index (χ4v) is 2.26. The Morgan fingerprint density at radius 2 is 1.94 bits per heavy atom. The van der Waals surface area contributed by atoms with Crippen molar-refractivity contribution in [3.63, 3.8) is 0 Å². The lowest BCUT2D eigenvalue weighted by molar-refractivity contribution is 0.391. The standard InChI is InChI=1S/C15H23N3/c1-11(2)12(8-16-3)9-17-15-10-18-14-7-5-4-6-13(14)15/h4-7,10-12,16-18H,8-9H2,1-3H3.